The van der Waals surface area contributed by atoms with Gasteiger partial charge in [0, 0.05) is 32.7 Å². The lowest BCUT2D eigenvalue weighted by Crippen LogP contribution is -2.56. The molecular formula is C20H24N4O4. The molecule has 2 N–H and O–H groups in total. The fourth-order valence-corrected chi connectivity index (χ4v) is 3.07. The molecule has 0 saturated carbocycles. The van der Waals surface area contributed by atoms with Crippen molar-refractivity contribution in [2.75, 3.05) is 26.2 Å². The monoisotopic (exact) mass is 384 g/mol. The van der Waals surface area contributed by atoms with Gasteiger partial charge in [-0.3, -0.25) is 19.8 Å². The maximum atomic E-state index is 12.4. The first-order valence-corrected chi connectivity index (χ1v) is 9.24. The van der Waals surface area contributed by atoms with Crippen molar-refractivity contribution in [2.24, 2.45) is 0 Å². The van der Waals surface area contributed by atoms with Crippen LogP contribution in [-0.2, 0) is 11.3 Å². The van der Waals surface area contributed by atoms with E-state index in [2.05, 4.69) is 10.6 Å². The fourth-order valence-electron chi connectivity index (χ4n) is 3.07. The Morgan fingerprint density at radius 1 is 1.04 bits per heavy atom. The van der Waals surface area contributed by atoms with Crippen molar-refractivity contribution < 1.29 is 18.8 Å². The third-order valence-corrected chi connectivity index (χ3v) is 4.79. The van der Waals surface area contributed by atoms with Crippen molar-refractivity contribution in [1.82, 2.24) is 20.4 Å². The third kappa shape index (κ3) is 4.98. The van der Waals surface area contributed by atoms with Crippen LogP contribution in [0.3, 0.4) is 0 Å². The summed E-state index contributed by atoms with van der Waals surface area (Å²) >= 11 is 0. The number of nitrogens with zero attached hydrogens (tertiary/aromatic N) is 2. The first-order valence-electron chi connectivity index (χ1n) is 9.24. The second-order valence-electron chi connectivity index (χ2n) is 6.64. The molecule has 0 unspecified atom stereocenters. The van der Waals surface area contributed by atoms with E-state index in [0.717, 1.165) is 5.56 Å². The standard InChI is InChI=1S/C20H24N4O4/c1-15(18(25)22-20(27)21-14-16-6-3-2-4-7-16)23-9-11-24(12-10-23)19(26)17-8-5-13-28-17/h2-8,13,15H,9-12,14H2,1H3,(H2,21,22,25,27)/t15-/m1/s1. The van der Waals surface area contributed by atoms with Gasteiger partial charge in [0.1, 0.15) is 0 Å². The lowest BCUT2D eigenvalue weighted by atomic mass is 10.2. The van der Waals surface area contributed by atoms with Crippen molar-refractivity contribution in [3.63, 3.8) is 0 Å². The largest absolute Gasteiger partial charge is 0.459 e. The van der Waals surface area contributed by atoms with Crippen LogP contribution in [0.1, 0.15) is 23.0 Å². The van der Waals surface area contributed by atoms with Crippen LogP contribution in [0.25, 0.3) is 0 Å². The number of carbonyl (C=O) groups excluding carboxylic acids is 3. The number of piperazine rings is 1. The predicted molar refractivity (Wildman–Crippen MR) is 102 cm³/mol. The first kappa shape index (κ1) is 19.6. The number of benzene rings is 1. The highest BCUT2D eigenvalue weighted by atomic mass is 16.3. The summed E-state index contributed by atoms with van der Waals surface area (Å²) in [6.07, 6.45) is 1.47. The predicted octanol–water partition coefficient (Wildman–Crippen LogP) is 1.45. The summed E-state index contributed by atoms with van der Waals surface area (Å²) in [7, 11) is 0. The van der Waals surface area contributed by atoms with Crippen LogP contribution in [0.2, 0.25) is 0 Å². The molecule has 0 radical (unpaired) electrons. The summed E-state index contributed by atoms with van der Waals surface area (Å²) in [5, 5.41) is 5.05. The number of hydrogen-bond acceptors (Lipinski definition) is 5. The first-order chi connectivity index (χ1) is 13.5. The maximum Gasteiger partial charge on any atom is 0.321 e. The fraction of sp³-hybridized carbons (Fsp3) is 0.350. The van der Waals surface area contributed by atoms with E-state index >= 15 is 0 Å². The Morgan fingerprint density at radius 2 is 1.75 bits per heavy atom. The minimum atomic E-state index is -0.521. The summed E-state index contributed by atoms with van der Waals surface area (Å²) in [4.78, 5) is 40.3. The Hall–Kier alpha value is -3.13. The van der Waals surface area contributed by atoms with Crippen molar-refractivity contribution in [2.45, 2.75) is 19.5 Å². The van der Waals surface area contributed by atoms with E-state index in [1.165, 1.54) is 6.26 Å². The Morgan fingerprint density at radius 3 is 2.39 bits per heavy atom. The van der Waals surface area contributed by atoms with Crippen LogP contribution in [-0.4, -0.2) is 59.9 Å². The highest BCUT2D eigenvalue weighted by molar-refractivity contribution is 5.96. The molecule has 28 heavy (non-hydrogen) atoms. The van der Waals surface area contributed by atoms with Crippen LogP contribution < -0.4 is 10.6 Å². The quantitative estimate of drug-likeness (QED) is 0.814. The van der Waals surface area contributed by atoms with E-state index in [4.69, 9.17) is 4.42 Å². The number of hydrogen-bond donors (Lipinski definition) is 2. The molecule has 8 nitrogen and oxygen atoms in total. The molecule has 2 aromatic rings. The molecule has 4 amide bonds. The van der Waals surface area contributed by atoms with Crippen LogP contribution in [0, 0.1) is 0 Å². The van der Waals surface area contributed by atoms with Gasteiger partial charge in [0.05, 0.1) is 12.3 Å². The summed E-state index contributed by atoms with van der Waals surface area (Å²) < 4.78 is 5.15. The van der Waals surface area contributed by atoms with Crippen LogP contribution >= 0.6 is 0 Å². The van der Waals surface area contributed by atoms with E-state index in [1.807, 2.05) is 35.2 Å². The second kappa shape index (κ2) is 9.18. The van der Waals surface area contributed by atoms with E-state index in [9.17, 15) is 14.4 Å². The summed E-state index contributed by atoms with van der Waals surface area (Å²) in [5.74, 6) is -0.201. The van der Waals surface area contributed by atoms with Crippen LogP contribution in [0.15, 0.2) is 53.1 Å². The van der Waals surface area contributed by atoms with Crippen LogP contribution in [0.4, 0.5) is 4.79 Å². The number of furan rings is 1. The molecule has 3 rings (SSSR count). The van der Waals surface area contributed by atoms with E-state index in [0.29, 0.717) is 38.5 Å². The summed E-state index contributed by atoms with van der Waals surface area (Å²) in [6.45, 7) is 4.19. The lowest BCUT2D eigenvalue weighted by molar-refractivity contribution is -0.125. The molecular weight excluding hydrogens is 360 g/mol. The molecule has 1 fully saturated rings. The topological polar surface area (TPSA) is 94.9 Å². The van der Waals surface area contributed by atoms with Gasteiger partial charge in [0.25, 0.3) is 5.91 Å². The number of amides is 4. The summed E-state index contributed by atoms with van der Waals surface area (Å²) in [6, 6.07) is 11.8. The van der Waals surface area contributed by atoms with Crippen molar-refractivity contribution in [3.05, 3.63) is 60.1 Å². The highest BCUT2D eigenvalue weighted by Gasteiger charge is 2.29. The van der Waals surface area contributed by atoms with E-state index in [1.54, 1.807) is 24.0 Å². The molecule has 1 aromatic carbocycles. The van der Waals surface area contributed by atoms with E-state index < -0.39 is 12.1 Å². The Kier molecular flexibility index (Phi) is 6.44. The minimum absolute atomic E-state index is 0.151. The Labute approximate surface area is 163 Å². The third-order valence-electron chi connectivity index (χ3n) is 4.79. The van der Waals surface area contributed by atoms with Gasteiger partial charge in [-0.25, -0.2) is 4.79 Å². The zero-order chi connectivity index (χ0) is 19.9. The molecule has 2 heterocycles. The van der Waals surface area contributed by atoms with Gasteiger partial charge >= 0.3 is 6.03 Å². The zero-order valence-electron chi connectivity index (χ0n) is 15.8. The van der Waals surface area contributed by atoms with Gasteiger partial charge in [0.15, 0.2) is 5.76 Å². The van der Waals surface area contributed by atoms with Gasteiger partial charge in [-0.15, -0.1) is 0 Å². The molecule has 0 spiro atoms. The Balaban J connectivity index is 1.42. The summed E-state index contributed by atoms with van der Waals surface area (Å²) in [5.41, 5.74) is 0.954. The molecule has 1 aliphatic rings. The average molecular weight is 384 g/mol. The number of rotatable bonds is 5. The van der Waals surface area contributed by atoms with Gasteiger partial charge in [-0.1, -0.05) is 30.3 Å². The molecule has 0 aliphatic carbocycles. The number of urea groups is 1. The van der Waals surface area contributed by atoms with Crippen molar-refractivity contribution in [3.8, 4) is 0 Å². The van der Waals surface area contributed by atoms with Gasteiger partial charge in [0.2, 0.25) is 5.91 Å². The minimum Gasteiger partial charge on any atom is -0.459 e. The van der Waals surface area contributed by atoms with Crippen molar-refractivity contribution in [1.29, 1.82) is 0 Å². The molecule has 1 atom stereocenters. The number of carbonyl (C=O) groups is 3. The highest BCUT2D eigenvalue weighted by Crippen LogP contribution is 2.11. The van der Waals surface area contributed by atoms with E-state index in [-0.39, 0.29) is 11.8 Å². The maximum absolute atomic E-state index is 12.4. The molecule has 1 aliphatic heterocycles. The average Bonchev–Trinajstić information content (AvgIpc) is 3.27. The number of nitrogens with one attached hydrogen (secondary N) is 2. The smallest absolute Gasteiger partial charge is 0.321 e. The molecule has 8 heteroatoms. The molecule has 148 valence electrons. The molecule has 1 saturated heterocycles. The van der Waals surface area contributed by atoms with Gasteiger partial charge < -0.3 is 14.6 Å². The number of imide groups is 1. The molecule has 1 aromatic heterocycles. The Bertz CT molecular complexity index is 799. The van der Waals surface area contributed by atoms with Gasteiger partial charge in [-0.2, -0.15) is 0 Å². The van der Waals surface area contributed by atoms with Crippen LogP contribution in [0.5, 0.6) is 0 Å². The normalized spacial score (nSPS) is 15.7. The second-order valence-corrected chi connectivity index (χ2v) is 6.64. The van der Waals surface area contributed by atoms with Gasteiger partial charge in [-0.05, 0) is 24.6 Å². The molecule has 0 bridgehead atoms. The lowest BCUT2D eigenvalue weighted by Gasteiger charge is -2.36. The zero-order valence-corrected chi connectivity index (χ0v) is 15.8. The SMILES string of the molecule is C[C@H](C(=O)NC(=O)NCc1ccccc1)N1CCN(C(=O)c2ccco2)CC1. The van der Waals surface area contributed by atoms with Crippen molar-refractivity contribution >= 4 is 17.8 Å².